The quantitative estimate of drug-likeness (QED) is 0.804. The summed E-state index contributed by atoms with van der Waals surface area (Å²) in [6.45, 7) is 9.08. The predicted molar refractivity (Wildman–Crippen MR) is 88.3 cm³/mol. The van der Waals surface area contributed by atoms with E-state index < -0.39 is 0 Å². The van der Waals surface area contributed by atoms with E-state index in [1.54, 1.807) is 0 Å². The summed E-state index contributed by atoms with van der Waals surface area (Å²) in [5, 5.41) is 0. The third-order valence-electron chi connectivity index (χ3n) is 4.64. The lowest BCUT2D eigenvalue weighted by molar-refractivity contribution is 0.449. The van der Waals surface area contributed by atoms with Gasteiger partial charge in [-0.25, -0.2) is 0 Å². The van der Waals surface area contributed by atoms with Gasteiger partial charge in [0.15, 0.2) is 0 Å². The van der Waals surface area contributed by atoms with Gasteiger partial charge in [0.2, 0.25) is 0 Å². The molecule has 2 atom stereocenters. The molecule has 1 aliphatic heterocycles. The SMILES string of the molecule is CCCCC(CC)CN1CCc2cc(C(C)N)ccc21. The minimum Gasteiger partial charge on any atom is -0.371 e. The van der Waals surface area contributed by atoms with Gasteiger partial charge < -0.3 is 10.6 Å². The smallest absolute Gasteiger partial charge is 0.0399 e. The summed E-state index contributed by atoms with van der Waals surface area (Å²) in [6.07, 6.45) is 6.52. The summed E-state index contributed by atoms with van der Waals surface area (Å²) in [6, 6.07) is 6.94. The van der Waals surface area contributed by atoms with Gasteiger partial charge in [0.25, 0.3) is 0 Å². The summed E-state index contributed by atoms with van der Waals surface area (Å²) >= 11 is 0. The van der Waals surface area contributed by atoms with E-state index in [2.05, 4.69) is 43.9 Å². The van der Waals surface area contributed by atoms with Crippen LogP contribution in [0.1, 0.15) is 63.6 Å². The van der Waals surface area contributed by atoms with Crippen molar-refractivity contribution in [2.24, 2.45) is 11.7 Å². The second-order valence-electron chi connectivity index (χ2n) is 6.29. The fourth-order valence-corrected chi connectivity index (χ4v) is 3.19. The van der Waals surface area contributed by atoms with Gasteiger partial charge in [0.1, 0.15) is 0 Å². The van der Waals surface area contributed by atoms with Gasteiger partial charge in [-0.1, -0.05) is 45.2 Å². The molecule has 0 saturated carbocycles. The maximum atomic E-state index is 5.99. The van der Waals surface area contributed by atoms with E-state index in [0.717, 1.165) is 5.92 Å². The molecule has 0 fully saturated rings. The first-order valence-electron chi connectivity index (χ1n) is 8.29. The standard InChI is InChI=1S/C18H30N2/c1-4-6-7-15(5-2)13-20-11-10-17-12-16(14(3)19)8-9-18(17)20/h8-9,12,14-15H,4-7,10-11,13,19H2,1-3H3. The Morgan fingerprint density at radius 2 is 2.10 bits per heavy atom. The first-order valence-corrected chi connectivity index (χ1v) is 8.29. The normalized spacial score (nSPS) is 17.1. The van der Waals surface area contributed by atoms with Crippen molar-refractivity contribution in [1.82, 2.24) is 0 Å². The lowest BCUT2D eigenvalue weighted by atomic mass is 9.98. The Morgan fingerprint density at radius 1 is 1.30 bits per heavy atom. The molecule has 2 unspecified atom stereocenters. The summed E-state index contributed by atoms with van der Waals surface area (Å²) in [5.41, 5.74) is 10.2. The van der Waals surface area contributed by atoms with Crippen molar-refractivity contribution in [3.05, 3.63) is 29.3 Å². The van der Waals surface area contributed by atoms with E-state index in [0.29, 0.717) is 0 Å². The number of fused-ring (bicyclic) bond motifs is 1. The molecular weight excluding hydrogens is 244 g/mol. The van der Waals surface area contributed by atoms with Gasteiger partial charge >= 0.3 is 0 Å². The van der Waals surface area contributed by atoms with Crippen molar-refractivity contribution in [1.29, 1.82) is 0 Å². The van der Waals surface area contributed by atoms with Gasteiger partial charge in [0.05, 0.1) is 0 Å². The van der Waals surface area contributed by atoms with Gasteiger partial charge in [-0.15, -0.1) is 0 Å². The number of hydrogen-bond donors (Lipinski definition) is 1. The van der Waals surface area contributed by atoms with Crippen LogP contribution in [0.5, 0.6) is 0 Å². The number of unbranched alkanes of at least 4 members (excludes halogenated alkanes) is 1. The molecule has 2 nitrogen and oxygen atoms in total. The van der Waals surface area contributed by atoms with Crippen LogP contribution in [0.3, 0.4) is 0 Å². The summed E-state index contributed by atoms with van der Waals surface area (Å²) in [7, 11) is 0. The van der Waals surface area contributed by atoms with Crippen molar-refractivity contribution < 1.29 is 0 Å². The third kappa shape index (κ3) is 3.54. The molecule has 1 aromatic rings. The molecule has 0 saturated heterocycles. The van der Waals surface area contributed by atoms with Gasteiger partial charge in [-0.3, -0.25) is 0 Å². The highest BCUT2D eigenvalue weighted by molar-refractivity contribution is 5.59. The Balaban J connectivity index is 2.04. The van der Waals surface area contributed by atoms with Crippen molar-refractivity contribution in [3.8, 4) is 0 Å². The topological polar surface area (TPSA) is 29.3 Å². The molecule has 1 aromatic carbocycles. The van der Waals surface area contributed by atoms with E-state index in [-0.39, 0.29) is 6.04 Å². The van der Waals surface area contributed by atoms with E-state index in [9.17, 15) is 0 Å². The molecule has 0 aliphatic carbocycles. The summed E-state index contributed by atoms with van der Waals surface area (Å²) in [5.74, 6) is 0.842. The van der Waals surface area contributed by atoms with Crippen molar-refractivity contribution in [2.75, 3.05) is 18.0 Å². The Hall–Kier alpha value is -1.02. The van der Waals surface area contributed by atoms with Crippen LogP contribution in [0, 0.1) is 5.92 Å². The van der Waals surface area contributed by atoms with Crippen LogP contribution in [0.25, 0.3) is 0 Å². The molecular formula is C18H30N2. The number of nitrogens with two attached hydrogens (primary N) is 1. The Kier molecular flexibility index (Phi) is 5.47. The third-order valence-corrected chi connectivity index (χ3v) is 4.64. The van der Waals surface area contributed by atoms with Crippen LogP contribution in [0.2, 0.25) is 0 Å². The molecule has 1 heterocycles. The molecule has 0 aromatic heterocycles. The van der Waals surface area contributed by atoms with Crippen LogP contribution in [-0.4, -0.2) is 13.1 Å². The van der Waals surface area contributed by atoms with Crippen molar-refractivity contribution in [3.63, 3.8) is 0 Å². The number of nitrogens with zero attached hydrogens (tertiary/aromatic N) is 1. The average Bonchev–Trinajstić information content (AvgIpc) is 2.85. The van der Waals surface area contributed by atoms with Crippen LogP contribution in [-0.2, 0) is 6.42 Å². The minimum atomic E-state index is 0.141. The first-order chi connectivity index (χ1) is 9.65. The number of rotatable bonds is 7. The molecule has 0 spiro atoms. The molecule has 0 amide bonds. The fourth-order valence-electron chi connectivity index (χ4n) is 3.19. The maximum Gasteiger partial charge on any atom is 0.0399 e. The molecule has 0 bridgehead atoms. The van der Waals surface area contributed by atoms with E-state index >= 15 is 0 Å². The van der Waals surface area contributed by atoms with Gasteiger partial charge in [0, 0.05) is 24.8 Å². The Bertz CT molecular complexity index is 425. The second-order valence-corrected chi connectivity index (χ2v) is 6.29. The Morgan fingerprint density at radius 3 is 2.75 bits per heavy atom. The highest BCUT2D eigenvalue weighted by Crippen LogP contribution is 2.31. The predicted octanol–water partition coefficient (Wildman–Crippen LogP) is 4.29. The second kappa shape index (κ2) is 7.12. The van der Waals surface area contributed by atoms with Crippen molar-refractivity contribution in [2.45, 2.75) is 58.9 Å². The zero-order valence-electron chi connectivity index (χ0n) is 13.4. The number of benzene rings is 1. The van der Waals surface area contributed by atoms with Gasteiger partial charge in [-0.2, -0.15) is 0 Å². The zero-order valence-corrected chi connectivity index (χ0v) is 13.4. The maximum absolute atomic E-state index is 5.99. The molecule has 2 heteroatoms. The lowest BCUT2D eigenvalue weighted by Gasteiger charge is -2.25. The molecule has 0 radical (unpaired) electrons. The molecule has 2 rings (SSSR count). The van der Waals surface area contributed by atoms with E-state index in [1.165, 1.54) is 62.0 Å². The van der Waals surface area contributed by atoms with Crippen LogP contribution in [0.15, 0.2) is 18.2 Å². The van der Waals surface area contributed by atoms with Gasteiger partial charge in [-0.05, 0) is 42.9 Å². The molecule has 112 valence electrons. The largest absolute Gasteiger partial charge is 0.371 e. The summed E-state index contributed by atoms with van der Waals surface area (Å²) < 4.78 is 0. The zero-order chi connectivity index (χ0) is 14.5. The lowest BCUT2D eigenvalue weighted by Crippen LogP contribution is -2.27. The Labute approximate surface area is 124 Å². The summed E-state index contributed by atoms with van der Waals surface area (Å²) in [4.78, 5) is 2.59. The van der Waals surface area contributed by atoms with E-state index in [1.807, 2.05) is 0 Å². The minimum absolute atomic E-state index is 0.141. The molecule has 2 N–H and O–H groups in total. The van der Waals surface area contributed by atoms with Crippen LogP contribution < -0.4 is 10.6 Å². The number of anilines is 1. The monoisotopic (exact) mass is 274 g/mol. The van der Waals surface area contributed by atoms with Crippen LogP contribution >= 0.6 is 0 Å². The van der Waals surface area contributed by atoms with Crippen molar-refractivity contribution >= 4 is 5.69 Å². The fraction of sp³-hybridized carbons (Fsp3) is 0.667. The number of hydrogen-bond acceptors (Lipinski definition) is 2. The average molecular weight is 274 g/mol. The molecule has 1 aliphatic rings. The van der Waals surface area contributed by atoms with E-state index in [4.69, 9.17) is 5.73 Å². The van der Waals surface area contributed by atoms with Crippen LogP contribution in [0.4, 0.5) is 5.69 Å². The molecule has 20 heavy (non-hydrogen) atoms. The highest BCUT2D eigenvalue weighted by Gasteiger charge is 2.21. The first kappa shape index (κ1) is 15.4. The highest BCUT2D eigenvalue weighted by atomic mass is 15.1.